The minimum Gasteiger partial charge on any atom is -0.393 e. The number of hydrogen-bond donors (Lipinski definition) is 1. The van der Waals surface area contributed by atoms with Crippen molar-refractivity contribution in [1.82, 2.24) is 4.98 Å². The summed E-state index contributed by atoms with van der Waals surface area (Å²) in [4.78, 5) is 4.40. The van der Waals surface area contributed by atoms with E-state index in [1.165, 1.54) is 50.5 Å². The summed E-state index contributed by atoms with van der Waals surface area (Å²) in [5.74, 6) is 3.19. The number of aliphatic hydroxyl groups excluding tert-OH is 1. The SMILES string of the molecule is C[C@]12CC[C@H]3[C@@H](CCC45CC4C(O)CC[C@]35C)[C@@H]1CC=C2c1cccnc1. The Labute approximate surface area is 163 Å². The monoisotopic (exact) mass is 363 g/mol. The summed E-state index contributed by atoms with van der Waals surface area (Å²) in [7, 11) is 0. The molecule has 2 heteroatoms. The molecule has 5 aliphatic rings. The van der Waals surface area contributed by atoms with Crippen LogP contribution in [0.1, 0.15) is 70.8 Å². The van der Waals surface area contributed by atoms with Crippen LogP contribution in [0.5, 0.6) is 0 Å². The van der Waals surface area contributed by atoms with Gasteiger partial charge in [0.05, 0.1) is 6.10 Å². The first-order valence-electron chi connectivity index (χ1n) is 11.3. The topological polar surface area (TPSA) is 33.1 Å². The number of hydrogen-bond acceptors (Lipinski definition) is 2. The van der Waals surface area contributed by atoms with Crippen molar-refractivity contribution in [2.45, 2.75) is 71.3 Å². The third kappa shape index (κ3) is 1.94. The maximum absolute atomic E-state index is 10.5. The molecule has 1 heterocycles. The lowest BCUT2D eigenvalue weighted by Crippen LogP contribution is -2.54. The van der Waals surface area contributed by atoms with E-state index in [9.17, 15) is 5.11 Å². The lowest BCUT2D eigenvalue weighted by Gasteiger charge is -2.61. The first kappa shape index (κ1) is 16.8. The Morgan fingerprint density at radius 3 is 2.74 bits per heavy atom. The van der Waals surface area contributed by atoms with E-state index in [-0.39, 0.29) is 6.10 Å². The summed E-state index contributed by atoms with van der Waals surface area (Å²) in [6.45, 7) is 5.18. The normalized spacial score (nSPS) is 52.9. The van der Waals surface area contributed by atoms with Crippen LogP contribution in [-0.2, 0) is 0 Å². The zero-order valence-electron chi connectivity index (χ0n) is 16.8. The van der Waals surface area contributed by atoms with Crippen LogP contribution in [0.15, 0.2) is 30.6 Å². The molecule has 8 atom stereocenters. The minimum atomic E-state index is -0.00573. The molecule has 0 bridgehead atoms. The summed E-state index contributed by atoms with van der Waals surface area (Å²) >= 11 is 0. The Hall–Kier alpha value is -1.15. The van der Waals surface area contributed by atoms with Gasteiger partial charge in [0.15, 0.2) is 0 Å². The molecule has 0 aromatic carbocycles. The zero-order valence-corrected chi connectivity index (χ0v) is 16.8. The third-order valence-electron chi connectivity index (χ3n) is 10.4. The standard InChI is InChI=1S/C25H33NO/c1-23-10-8-20-17(19(23)6-5-18(23)16-4-3-13-26-15-16)7-12-25-14-21(25)22(27)9-11-24(20,25)2/h3-5,13,15,17,19-22,27H,6-12,14H2,1-2H3/t17-,19-,20-,21?,22?,23+,24+,25?/m0/s1. The maximum Gasteiger partial charge on any atom is 0.0574 e. The number of aliphatic hydroxyl groups is 1. The van der Waals surface area contributed by atoms with E-state index in [2.05, 4.69) is 43.2 Å². The molecule has 2 nitrogen and oxygen atoms in total. The van der Waals surface area contributed by atoms with E-state index >= 15 is 0 Å². The van der Waals surface area contributed by atoms with Crippen LogP contribution in [-0.4, -0.2) is 16.2 Å². The van der Waals surface area contributed by atoms with Gasteiger partial charge >= 0.3 is 0 Å². The number of pyridine rings is 1. The van der Waals surface area contributed by atoms with Crippen molar-refractivity contribution in [2.75, 3.05) is 0 Å². The molecule has 1 aromatic heterocycles. The van der Waals surface area contributed by atoms with Gasteiger partial charge in [-0.2, -0.15) is 0 Å². The van der Waals surface area contributed by atoms with E-state index in [1.807, 2.05) is 6.20 Å². The second-order valence-electron chi connectivity index (χ2n) is 11.0. The van der Waals surface area contributed by atoms with E-state index in [4.69, 9.17) is 0 Å². The highest BCUT2D eigenvalue weighted by molar-refractivity contribution is 5.72. The summed E-state index contributed by atoms with van der Waals surface area (Å²) in [5.41, 5.74) is 4.24. The van der Waals surface area contributed by atoms with Crippen molar-refractivity contribution in [3.8, 4) is 0 Å². The molecule has 27 heavy (non-hydrogen) atoms. The minimum absolute atomic E-state index is 0.00573. The van der Waals surface area contributed by atoms with Gasteiger partial charge in [-0.25, -0.2) is 0 Å². The summed E-state index contributed by atoms with van der Waals surface area (Å²) in [5, 5.41) is 10.5. The van der Waals surface area contributed by atoms with Crippen LogP contribution in [0.2, 0.25) is 0 Å². The lowest BCUT2D eigenvalue weighted by atomic mass is 9.43. The Morgan fingerprint density at radius 2 is 1.93 bits per heavy atom. The molecule has 4 fully saturated rings. The largest absolute Gasteiger partial charge is 0.393 e. The van der Waals surface area contributed by atoms with E-state index < -0.39 is 0 Å². The van der Waals surface area contributed by atoms with Crippen molar-refractivity contribution in [2.24, 2.45) is 39.9 Å². The average molecular weight is 364 g/mol. The second-order valence-corrected chi connectivity index (χ2v) is 11.0. The summed E-state index contributed by atoms with van der Waals surface area (Å²) < 4.78 is 0. The molecular formula is C25H33NO. The number of rotatable bonds is 1. The van der Waals surface area contributed by atoms with Crippen molar-refractivity contribution < 1.29 is 5.11 Å². The van der Waals surface area contributed by atoms with Crippen molar-refractivity contribution in [3.63, 3.8) is 0 Å². The van der Waals surface area contributed by atoms with E-state index in [1.54, 1.807) is 5.57 Å². The number of allylic oxidation sites excluding steroid dienone is 2. The van der Waals surface area contributed by atoms with Gasteiger partial charge in [0.25, 0.3) is 0 Å². The zero-order chi connectivity index (χ0) is 18.4. The molecule has 0 aliphatic heterocycles. The molecule has 3 unspecified atom stereocenters. The fraction of sp³-hybridized carbons (Fsp3) is 0.720. The van der Waals surface area contributed by atoms with Gasteiger partial charge in [0, 0.05) is 12.4 Å². The van der Waals surface area contributed by atoms with Gasteiger partial charge in [-0.3, -0.25) is 4.98 Å². The van der Waals surface area contributed by atoms with Crippen LogP contribution in [0, 0.1) is 39.9 Å². The molecule has 144 valence electrons. The smallest absolute Gasteiger partial charge is 0.0574 e. The van der Waals surface area contributed by atoms with Gasteiger partial charge in [-0.05, 0) is 108 Å². The van der Waals surface area contributed by atoms with Crippen LogP contribution in [0.3, 0.4) is 0 Å². The molecule has 0 amide bonds. The summed E-state index contributed by atoms with van der Waals surface area (Å²) in [6, 6.07) is 4.34. The van der Waals surface area contributed by atoms with Gasteiger partial charge in [0.2, 0.25) is 0 Å². The fourth-order valence-corrected chi connectivity index (χ4v) is 8.96. The summed E-state index contributed by atoms with van der Waals surface area (Å²) in [6.07, 6.45) is 16.9. The van der Waals surface area contributed by atoms with Crippen LogP contribution < -0.4 is 0 Å². The van der Waals surface area contributed by atoms with Crippen molar-refractivity contribution in [1.29, 1.82) is 0 Å². The molecule has 4 saturated carbocycles. The van der Waals surface area contributed by atoms with Crippen molar-refractivity contribution >= 4 is 5.57 Å². The Morgan fingerprint density at radius 1 is 1.04 bits per heavy atom. The number of aromatic nitrogens is 1. The van der Waals surface area contributed by atoms with Crippen LogP contribution >= 0.6 is 0 Å². The van der Waals surface area contributed by atoms with Crippen molar-refractivity contribution in [3.05, 3.63) is 36.2 Å². The molecule has 0 radical (unpaired) electrons. The molecule has 5 aliphatic carbocycles. The lowest BCUT2D eigenvalue weighted by molar-refractivity contribution is -0.125. The average Bonchev–Trinajstić information content (AvgIpc) is 3.33. The molecule has 1 aromatic rings. The number of fused-ring (bicyclic) bond motifs is 4. The Kier molecular flexibility index (Phi) is 3.27. The second kappa shape index (κ2) is 5.26. The maximum atomic E-state index is 10.5. The molecular weight excluding hydrogens is 330 g/mol. The first-order chi connectivity index (χ1) is 13.0. The molecule has 1 N–H and O–H groups in total. The van der Waals surface area contributed by atoms with Gasteiger partial charge in [0.1, 0.15) is 0 Å². The van der Waals surface area contributed by atoms with E-state index in [0.717, 1.165) is 24.2 Å². The predicted molar refractivity (Wildman–Crippen MR) is 108 cm³/mol. The third-order valence-corrected chi connectivity index (χ3v) is 10.4. The highest BCUT2D eigenvalue weighted by Crippen LogP contribution is 2.79. The number of nitrogens with zero attached hydrogens (tertiary/aromatic N) is 1. The Balaban J connectivity index is 1.33. The predicted octanol–water partition coefficient (Wildman–Crippen LogP) is 5.48. The fourth-order valence-electron chi connectivity index (χ4n) is 8.96. The molecule has 0 saturated heterocycles. The van der Waals surface area contributed by atoms with Crippen LogP contribution in [0.25, 0.3) is 5.57 Å². The highest BCUT2D eigenvalue weighted by atomic mass is 16.3. The van der Waals surface area contributed by atoms with Gasteiger partial charge in [-0.15, -0.1) is 0 Å². The molecule has 6 rings (SSSR count). The van der Waals surface area contributed by atoms with Gasteiger partial charge in [-0.1, -0.05) is 26.0 Å². The quantitative estimate of drug-likeness (QED) is 0.717. The highest BCUT2D eigenvalue weighted by Gasteiger charge is 2.73. The van der Waals surface area contributed by atoms with E-state index in [0.29, 0.717) is 22.2 Å². The van der Waals surface area contributed by atoms with Gasteiger partial charge < -0.3 is 5.11 Å². The molecule has 1 spiro atoms. The first-order valence-corrected chi connectivity index (χ1v) is 11.3. The Bertz CT molecular complexity index is 802. The van der Waals surface area contributed by atoms with Crippen LogP contribution in [0.4, 0.5) is 0 Å².